The van der Waals surface area contributed by atoms with Crippen molar-refractivity contribution >= 4 is 23.4 Å². The number of carbonyl (C=O) groups excluding carboxylic acids is 1. The molecule has 7 nitrogen and oxygen atoms in total. The first-order valence-corrected chi connectivity index (χ1v) is 9.95. The largest absolute Gasteiger partial charge is 0.495 e. The van der Waals surface area contributed by atoms with Crippen molar-refractivity contribution in [2.24, 2.45) is 5.92 Å². The molecule has 2 heterocycles. The molecule has 0 saturated heterocycles. The highest BCUT2D eigenvalue weighted by Crippen LogP contribution is 2.29. The van der Waals surface area contributed by atoms with Gasteiger partial charge in [-0.3, -0.25) is 9.36 Å². The third kappa shape index (κ3) is 4.56. The monoisotopic (exact) mass is 400 g/mol. The molecule has 0 spiro atoms. The number of nitrogens with one attached hydrogen (secondary N) is 1. The summed E-state index contributed by atoms with van der Waals surface area (Å²) >= 11 is 1.37. The maximum absolute atomic E-state index is 12.7. The van der Waals surface area contributed by atoms with E-state index >= 15 is 0 Å². The first-order chi connectivity index (χ1) is 13.5. The Morgan fingerprint density at radius 3 is 2.68 bits per heavy atom. The summed E-state index contributed by atoms with van der Waals surface area (Å²) in [6.45, 7) is 6.82. The van der Waals surface area contributed by atoms with E-state index in [2.05, 4.69) is 29.4 Å². The molecule has 1 unspecified atom stereocenters. The smallest absolute Gasteiger partial charge is 0.237 e. The van der Waals surface area contributed by atoms with Gasteiger partial charge < -0.3 is 14.5 Å². The van der Waals surface area contributed by atoms with Crippen LogP contribution in [0.3, 0.4) is 0 Å². The van der Waals surface area contributed by atoms with E-state index in [4.69, 9.17) is 9.15 Å². The van der Waals surface area contributed by atoms with Crippen LogP contribution in [0.25, 0.3) is 11.6 Å². The molecule has 1 atom stereocenters. The lowest BCUT2D eigenvalue weighted by Gasteiger charge is -2.15. The Morgan fingerprint density at radius 1 is 1.21 bits per heavy atom. The highest BCUT2D eigenvalue weighted by atomic mass is 32.2. The number of anilines is 1. The van der Waals surface area contributed by atoms with Gasteiger partial charge in [0.05, 0.1) is 24.3 Å². The Labute approximate surface area is 168 Å². The number of hydrogen-bond acceptors (Lipinski definition) is 6. The van der Waals surface area contributed by atoms with Crippen molar-refractivity contribution in [1.29, 1.82) is 0 Å². The van der Waals surface area contributed by atoms with E-state index in [1.165, 1.54) is 11.8 Å². The van der Waals surface area contributed by atoms with E-state index in [0.717, 1.165) is 6.54 Å². The lowest BCUT2D eigenvalue weighted by atomic mass is 10.2. The van der Waals surface area contributed by atoms with E-state index < -0.39 is 0 Å². The number of benzene rings is 1. The molecule has 1 amide bonds. The molecule has 0 aliphatic heterocycles. The summed E-state index contributed by atoms with van der Waals surface area (Å²) in [4.78, 5) is 12.7. The number of nitrogens with zero attached hydrogens (tertiary/aromatic N) is 3. The van der Waals surface area contributed by atoms with Crippen LogP contribution in [0.4, 0.5) is 5.69 Å². The zero-order chi connectivity index (χ0) is 20.1. The van der Waals surface area contributed by atoms with Crippen LogP contribution in [-0.4, -0.2) is 33.0 Å². The number of amides is 1. The molecule has 3 rings (SSSR count). The number of methoxy groups -OCH3 is 1. The number of para-hydroxylation sites is 2. The number of carbonyl (C=O) groups is 1. The molecular weight excluding hydrogens is 376 g/mol. The fourth-order valence-corrected chi connectivity index (χ4v) is 3.55. The van der Waals surface area contributed by atoms with Crippen molar-refractivity contribution in [3.8, 4) is 17.3 Å². The van der Waals surface area contributed by atoms with Crippen LogP contribution >= 0.6 is 11.8 Å². The summed E-state index contributed by atoms with van der Waals surface area (Å²) in [6, 6.07) is 11.0. The summed E-state index contributed by atoms with van der Waals surface area (Å²) in [5.74, 6) is 2.20. The first-order valence-electron chi connectivity index (χ1n) is 9.07. The number of ether oxygens (including phenoxy) is 1. The van der Waals surface area contributed by atoms with Crippen LogP contribution in [0, 0.1) is 5.92 Å². The SMILES string of the molecule is COc1ccccc1NC(=O)C(C)Sc1nnc(-c2ccco2)n1CC(C)C. The summed E-state index contributed by atoms with van der Waals surface area (Å²) in [7, 11) is 1.58. The van der Waals surface area contributed by atoms with Crippen molar-refractivity contribution in [2.45, 2.75) is 37.7 Å². The van der Waals surface area contributed by atoms with Gasteiger partial charge in [-0.15, -0.1) is 10.2 Å². The lowest BCUT2D eigenvalue weighted by molar-refractivity contribution is -0.115. The van der Waals surface area contributed by atoms with E-state index in [-0.39, 0.29) is 11.2 Å². The van der Waals surface area contributed by atoms with Crippen molar-refractivity contribution < 1.29 is 13.9 Å². The lowest BCUT2D eigenvalue weighted by Crippen LogP contribution is -2.23. The average molecular weight is 401 g/mol. The highest BCUT2D eigenvalue weighted by Gasteiger charge is 2.23. The van der Waals surface area contributed by atoms with Gasteiger partial charge in [0.2, 0.25) is 5.91 Å². The zero-order valence-electron chi connectivity index (χ0n) is 16.4. The third-order valence-electron chi connectivity index (χ3n) is 4.02. The molecule has 8 heteroatoms. The van der Waals surface area contributed by atoms with Crippen LogP contribution < -0.4 is 10.1 Å². The Hall–Kier alpha value is -2.74. The summed E-state index contributed by atoms with van der Waals surface area (Å²) in [5.41, 5.74) is 0.641. The first kappa shape index (κ1) is 20.0. The zero-order valence-corrected chi connectivity index (χ0v) is 17.2. The molecule has 2 aromatic heterocycles. The number of furan rings is 1. The number of hydrogen-bond donors (Lipinski definition) is 1. The molecule has 0 bridgehead atoms. The Kier molecular flexibility index (Phi) is 6.41. The molecule has 0 aliphatic carbocycles. The summed E-state index contributed by atoms with van der Waals surface area (Å²) < 4.78 is 12.8. The minimum Gasteiger partial charge on any atom is -0.495 e. The third-order valence-corrected chi connectivity index (χ3v) is 5.10. The van der Waals surface area contributed by atoms with Gasteiger partial charge in [0.1, 0.15) is 5.75 Å². The van der Waals surface area contributed by atoms with Gasteiger partial charge in [-0.05, 0) is 37.1 Å². The highest BCUT2D eigenvalue weighted by molar-refractivity contribution is 8.00. The van der Waals surface area contributed by atoms with Gasteiger partial charge in [-0.2, -0.15) is 0 Å². The molecule has 1 aromatic carbocycles. The second kappa shape index (κ2) is 8.97. The van der Waals surface area contributed by atoms with Crippen molar-refractivity contribution in [1.82, 2.24) is 14.8 Å². The minimum absolute atomic E-state index is 0.131. The van der Waals surface area contributed by atoms with Crippen molar-refractivity contribution in [3.05, 3.63) is 42.7 Å². The molecule has 0 saturated carbocycles. The fraction of sp³-hybridized carbons (Fsp3) is 0.350. The maximum Gasteiger partial charge on any atom is 0.237 e. The van der Waals surface area contributed by atoms with Gasteiger partial charge in [-0.25, -0.2) is 0 Å². The second-order valence-electron chi connectivity index (χ2n) is 6.74. The molecule has 3 aromatic rings. The molecule has 28 heavy (non-hydrogen) atoms. The Bertz CT molecular complexity index is 921. The standard InChI is InChI=1S/C20H24N4O3S/c1-13(2)12-24-18(17-10-7-11-27-17)22-23-20(24)28-14(3)19(25)21-15-8-5-6-9-16(15)26-4/h5-11,13-14H,12H2,1-4H3,(H,21,25). The van der Waals surface area contributed by atoms with Crippen LogP contribution in [0.15, 0.2) is 52.2 Å². The van der Waals surface area contributed by atoms with Crippen LogP contribution in [0.5, 0.6) is 5.75 Å². The van der Waals surface area contributed by atoms with Crippen LogP contribution in [0.1, 0.15) is 20.8 Å². The van der Waals surface area contributed by atoms with E-state index in [0.29, 0.717) is 34.1 Å². The Balaban J connectivity index is 1.78. The number of rotatable bonds is 8. The maximum atomic E-state index is 12.7. The molecule has 0 fully saturated rings. The summed E-state index contributed by atoms with van der Waals surface area (Å²) in [6.07, 6.45) is 1.61. The predicted octanol–water partition coefficient (Wildman–Crippen LogP) is 4.32. The fourth-order valence-electron chi connectivity index (χ4n) is 2.69. The van der Waals surface area contributed by atoms with Crippen LogP contribution in [-0.2, 0) is 11.3 Å². The van der Waals surface area contributed by atoms with Crippen molar-refractivity contribution in [3.63, 3.8) is 0 Å². The quantitative estimate of drug-likeness (QED) is 0.567. The number of aromatic nitrogens is 3. The van der Waals surface area contributed by atoms with E-state index in [1.54, 1.807) is 13.4 Å². The van der Waals surface area contributed by atoms with Gasteiger partial charge in [0, 0.05) is 6.54 Å². The second-order valence-corrected chi connectivity index (χ2v) is 8.05. The van der Waals surface area contributed by atoms with Crippen molar-refractivity contribution in [2.75, 3.05) is 12.4 Å². The molecule has 0 aliphatic rings. The topological polar surface area (TPSA) is 82.2 Å². The number of thioether (sulfide) groups is 1. The molecule has 148 valence electrons. The van der Waals surface area contributed by atoms with Gasteiger partial charge in [-0.1, -0.05) is 37.7 Å². The van der Waals surface area contributed by atoms with Gasteiger partial charge >= 0.3 is 0 Å². The van der Waals surface area contributed by atoms with E-state index in [9.17, 15) is 4.79 Å². The molecule has 0 radical (unpaired) electrons. The minimum atomic E-state index is -0.371. The van der Waals surface area contributed by atoms with Gasteiger partial charge in [0.25, 0.3) is 0 Å². The van der Waals surface area contributed by atoms with Gasteiger partial charge in [0.15, 0.2) is 16.7 Å². The normalized spacial score (nSPS) is 12.2. The summed E-state index contributed by atoms with van der Waals surface area (Å²) in [5, 5.41) is 11.8. The Morgan fingerprint density at radius 2 is 2.00 bits per heavy atom. The van der Waals surface area contributed by atoms with E-state index in [1.807, 2.05) is 47.9 Å². The predicted molar refractivity (Wildman–Crippen MR) is 110 cm³/mol. The molecule has 1 N–H and O–H groups in total. The van der Waals surface area contributed by atoms with Crippen LogP contribution in [0.2, 0.25) is 0 Å². The average Bonchev–Trinajstić information content (AvgIpc) is 3.32. The molecular formula is C20H24N4O3S.